The van der Waals surface area contributed by atoms with Crippen LogP contribution in [0, 0.1) is 5.82 Å². The summed E-state index contributed by atoms with van der Waals surface area (Å²) in [4.78, 5) is 0. The molecule has 0 unspecified atom stereocenters. The van der Waals surface area contributed by atoms with Gasteiger partial charge >= 0.3 is 85.7 Å². The van der Waals surface area contributed by atoms with Gasteiger partial charge in [0.25, 0.3) is 0 Å². The first-order valence-corrected chi connectivity index (χ1v) is 5.61. The van der Waals surface area contributed by atoms with Crippen LogP contribution in [-0.4, -0.2) is 107 Å². The monoisotopic (exact) mass is 350 g/mol. The molecule has 0 atom stereocenters. The number of halogens is 1. The van der Waals surface area contributed by atoms with Crippen molar-refractivity contribution in [2.75, 3.05) is 0 Å². The summed E-state index contributed by atoms with van der Waals surface area (Å²) in [6.45, 7) is 0. The van der Waals surface area contributed by atoms with E-state index in [1.165, 1.54) is 12.1 Å². The molecule has 0 fully saturated rings. The van der Waals surface area contributed by atoms with Crippen molar-refractivity contribution in [1.29, 1.82) is 0 Å². The summed E-state index contributed by atoms with van der Waals surface area (Å²) in [5, 5.41) is 86.0. The average molecular weight is 349 g/mol. The number of hydrogen-bond acceptors (Lipinski definition) is 12. The molecule has 0 saturated carbocycles. The van der Waals surface area contributed by atoms with Crippen LogP contribution in [0.15, 0.2) is 24.3 Å². The van der Waals surface area contributed by atoms with E-state index >= 15 is 0 Å². The quantitative estimate of drug-likeness (QED) is 0.195. The minimum atomic E-state index is -2.17. The molecule has 0 heterocycles. The van der Waals surface area contributed by atoms with E-state index < -0.39 is 29.3 Å². The number of benzene rings is 1. The molecule has 12 nitrogen and oxygen atoms in total. The van der Waals surface area contributed by atoms with E-state index in [0.717, 1.165) is 4.24 Å². The normalized spacial score (nSPS) is 7.62. The van der Waals surface area contributed by atoms with Crippen molar-refractivity contribution in [3.05, 3.63) is 30.1 Å². The van der Waals surface area contributed by atoms with Crippen LogP contribution in [-0.2, 0) is 0 Å². The molecule has 0 aromatic heterocycles. The van der Waals surface area contributed by atoms with Crippen molar-refractivity contribution >= 4 is 51.2 Å². The first-order valence-electron chi connectivity index (χ1n) is 5.61. The summed E-state index contributed by atoms with van der Waals surface area (Å²) >= 11 is 1.93. The van der Waals surface area contributed by atoms with E-state index in [4.69, 9.17) is 60.3 Å². The predicted octanol–water partition coefficient (Wildman–Crippen LogP) is -7.59. The summed E-state index contributed by atoms with van der Waals surface area (Å²) < 4.78 is 13.2. The van der Waals surface area contributed by atoms with Gasteiger partial charge in [-0.2, -0.15) is 0 Å². The van der Waals surface area contributed by atoms with Crippen LogP contribution in [0.3, 0.4) is 0 Å². The molecule has 1 rings (SSSR count). The Morgan fingerprint density at radius 3 is 0.833 bits per heavy atom. The first kappa shape index (κ1) is 31.3. The van der Waals surface area contributed by atoms with Crippen LogP contribution < -0.4 is 4.24 Å². The van der Waals surface area contributed by atoms with E-state index in [1.807, 2.05) is 17.7 Å². The molecule has 0 aliphatic heterocycles. The van der Waals surface area contributed by atoms with Gasteiger partial charge in [-0.1, -0.05) is 0 Å². The van der Waals surface area contributed by atoms with Crippen molar-refractivity contribution in [1.82, 2.24) is 0 Å². The van der Waals surface area contributed by atoms with Crippen LogP contribution in [0.25, 0.3) is 0 Å². The van der Waals surface area contributed by atoms with E-state index in [0.29, 0.717) is 0 Å². The first-order chi connectivity index (χ1) is 10.7. The topological polar surface area (TPSA) is 243 Å². The molecule has 18 heteroatoms. The number of hydrogen-bond donors (Lipinski definition) is 12. The van der Waals surface area contributed by atoms with E-state index in [2.05, 4.69) is 0 Å². The third kappa shape index (κ3) is 99.9. The summed E-state index contributed by atoms with van der Waals surface area (Å²) in [5.41, 5.74) is 0. The van der Waals surface area contributed by atoms with Crippen molar-refractivity contribution in [2.45, 2.75) is 0 Å². The fourth-order valence-electron chi connectivity index (χ4n) is 0.533. The third-order valence-corrected chi connectivity index (χ3v) is 1.01. The van der Waals surface area contributed by atoms with Crippen molar-refractivity contribution in [3.63, 3.8) is 0 Å². The molecule has 0 saturated heterocycles. The van der Waals surface area contributed by atoms with E-state index in [9.17, 15) is 4.39 Å². The maximum atomic E-state index is 12.1. The Bertz CT molecular complexity index is 289. The second-order valence-corrected chi connectivity index (χ2v) is 3.18. The summed E-state index contributed by atoms with van der Waals surface area (Å²) in [6.07, 6.45) is 0. The third-order valence-electron chi connectivity index (χ3n) is 1.01. The summed E-state index contributed by atoms with van der Waals surface area (Å²) in [7, 11) is -8.67. The van der Waals surface area contributed by atoms with Gasteiger partial charge < -0.3 is 60.3 Å². The molecule has 0 amide bonds. The Balaban J connectivity index is -0.000000110. The van der Waals surface area contributed by atoms with Gasteiger partial charge in [-0.25, -0.2) is 0 Å². The molecule has 1 aromatic rings. The molecule has 132 valence electrons. The van der Waals surface area contributed by atoms with Gasteiger partial charge in [0.05, 0.1) is 0 Å². The Kier molecular flexibility index (Phi) is 29.4. The van der Waals surface area contributed by atoms with Crippen LogP contribution in [0.5, 0.6) is 0 Å². The summed E-state index contributed by atoms with van der Waals surface area (Å²) in [5.74, 6) is -0.171. The van der Waals surface area contributed by atoms with Crippen LogP contribution in [0.1, 0.15) is 0 Å². The summed E-state index contributed by atoms with van der Waals surface area (Å²) in [6, 6.07) is 6.40. The maximum absolute atomic E-state index is 12.1. The van der Waals surface area contributed by atoms with Crippen LogP contribution in [0.2, 0.25) is 0 Å². The minimum absolute atomic E-state index is 0.171. The Morgan fingerprint density at radius 1 is 0.542 bits per heavy atom. The molecular weight excluding hydrogens is 333 g/mol. The predicted molar refractivity (Wildman–Crippen MR) is 81.4 cm³/mol. The average Bonchev–Trinajstić information content (AvgIpc) is 2.30. The SMILES string of the molecule is OB(O)O.OB(O)O.OB(O)O.OB(O)O.[Li][c]1ccc(F)cc1. The molecule has 24 heavy (non-hydrogen) atoms. The van der Waals surface area contributed by atoms with Crippen molar-refractivity contribution in [3.8, 4) is 0 Å². The second-order valence-electron chi connectivity index (χ2n) is 3.18. The van der Waals surface area contributed by atoms with Gasteiger partial charge in [0.15, 0.2) is 0 Å². The Labute approximate surface area is 146 Å². The molecule has 0 aliphatic rings. The molecular formula is C6H16B4FLiO12. The zero-order valence-electron chi connectivity index (χ0n) is 12.4. The van der Waals surface area contributed by atoms with Crippen LogP contribution >= 0.6 is 0 Å². The van der Waals surface area contributed by atoms with E-state index in [-0.39, 0.29) is 5.82 Å². The zero-order chi connectivity index (χ0) is 20.3. The Hall–Kier alpha value is -0.473. The van der Waals surface area contributed by atoms with Gasteiger partial charge in [-0.15, -0.1) is 0 Å². The van der Waals surface area contributed by atoms with Gasteiger partial charge in [0.2, 0.25) is 0 Å². The molecule has 0 bridgehead atoms. The van der Waals surface area contributed by atoms with Gasteiger partial charge in [-0.05, 0) is 0 Å². The fourth-order valence-corrected chi connectivity index (χ4v) is 0.533. The fraction of sp³-hybridized carbons (Fsp3) is 0. The molecule has 1 aromatic carbocycles. The van der Waals surface area contributed by atoms with Gasteiger partial charge in [0, 0.05) is 0 Å². The van der Waals surface area contributed by atoms with Crippen molar-refractivity contribution in [2.24, 2.45) is 0 Å². The van der Waals surface area contributed by atoms with Crippen molar-refractivity contribution < 1.29 is 64.7 Å². The van der Waals surface area contributed by atoms with Gasteiger partial charge in [0.1, 0.15) is 0 Å². The van der Waals surface area contributed by atoms with Crippen LogP contribution in [0.4, 0.5) is 4.39 Å². The molecule has 0 aliphatic carbocycles. The zero-order valence-corrected chi connectivity index (χ0v) is 12.4. The van der Waals surface area contributed by atoms with Gasteiger partial charge in [-0.3, -0.25) is 0 Å². The second kappa shape index (κ2) is 22.5. The van der Waals surface area contributed by atoms with E-state index in [1.54, 1.807) is 12.1 Å². The molecule has 12 N–H and O–H groups in total. The number of rotatable bonds is 0. The standard InChI is InChI=1S/C6H4F.4BH3O3.Li/c7-6-4-2-1-3-5-6;4*2-1(3)4;/h2-5H;4*2-4H;. The molecule has 0 spiro atoms. The molecule has 0 radical (unpaired) electrons. The Morgan fingerprint density at radius 2 is 0.708 bits per heavy atom.